The van der Waals surface area contributed by atoms with Gasteiger partial charge < -0.3 is 10.0 Å². The van der Waals surface area contributed by atoms with E-state index < -0.39 is 5.60 Å². The lowest BCUT2D eigenvalue weighted by Gasteiger charge is -2.31. The van der Waals surface area contributed by atoms with Gasteiger partial charge >= 0.3 is 0 Å². The Morgan fingerprint density at radius 3 is 2.43 bits per heavy atom. The highest BCUT2D eigenvalue weighted by Crippen LogP contribution is 2.31. The molecule has 0 saturated carbocycles. The van der Waals surface area contributed by atoms with Crippen LogP contribution in [0.3, 0.4) is 0 Å². The predicted molar refractivity (Wildman–Crippen MR) is 95.8 cm³/mol. The highest BCUT2D eigenvalue weighted by atomic mass is 35.5. The van der Waals surface area contributed by atoms with Gasteiger partial charge in [-0.3, -0.25) is 0 Å². The molecule has 0 spiro atoms. The van der Waals surface area contributed by atoms with Crippen LogP contribution < -0.4 is 0 Å². The monoisotopic (exact) mass is 329 g/mol. The zero-order chi connectivity index (χ0) is 16.1. The molecule has 0 aromatic heterocycles. The Morgan fingerprint density at radius 1 is 1.00 bits per heavy atom. The zero-order valence-corrected chi connectivity index (χ0v) is 14.2. The molecule has 1 aliphatic heterocycles. The molecule has 0 bridgehead atoms. The van der Waals surface area contributed by atoms with Crippen molar-refractivity contribution in [2.45, 2.75) is 31.3 Å². The lowest BCUT2D eigenvalue weighted by Crippen LogP contribution is -2.34. The molecule has 1 aliphatic rings. The van der Waals surface area contributed by atoms with Gasteiger partial charge in [-0.1, -0.05) is 54.1 Å². The third kappa shape index (κ3) is 4.35. The molecule has 0 aliphatic carbocycles. The van der Waals surface area contributed by atoms with E-state index in [1.54, 1.807) is 0 Å². The fourth-order valence-corrected chi connectivity index (χ4v) is 3.59. The zero-order valence-electron chi connectivity index (χ0n) is 13.4. The summed E-state index contributed by atoms with van der Waals surface area (Å²) in [5, 5.41) is 12.1. The Kier molecular flexibility index (Phi) is 5.37. The number of halogens is 1. The van der Waals surface area contributed by atoms with E-state index in [2.05, 4.69) is 17.0 Å². The van der Waals surface area contributed by atoms with Gasteiger partial charge in [-0.25, -0.2) is 0 Å². The minimum Gasteiger partial charge on any atom is -0.385 e. The maximum atomic E-state index is 11.4. The van der Waals surface area contributed by atoms with Crippen LogP contribution in [0.15, 0.2) is 54.6 Å². The first-order chi connectivity index (χ1) is 11.2. The first-order valence-electron chi connectivity index (χ1n) is 8.40. The lowest BCUT2D eigenvalue weighted by atomic mass is 9.84. The number of hydrogen-bond acceptors (Lipinski definition) is 2. The van der Waals surface area contributed by atoms with E-state index in [0.717, 1.165) is 37.2 Å². The first-order valence-corrected chi connectivity index (χ1v) is 8.78. The van der Waals surface area contributed by atoms with E-state index in [1.165, 1.54) is 12.8 Å². The van der Waals surface area contributed by atoms with Crippen molar-refractivity contribution in [3.8, 4) is 0 Å². The number of rotatable bonds is 6. The fourth-order valence-electron chi connectivity index (χ4n) is 3.40. The molecule has 2 aromatic rings. The Balaban J connectivity index is 1.81. The van der Waals surface area contributed by atoms with E-state index in [0.29, 0.717) is 11.4 Å². The number of nitrogens with zero attached hydrogens (tertiary/aromatic N) is 1. The summed E-state index contributed by atoms with van der Waals surface area (Å²) in [5.74, 6) is 0. The first kappa shape index (κ1) is 16.5. The Morgan fingerprint density at radius 2 is 1.74 bits per heavy atom. The maximum Gasteiger partial charge on any atom is 0.0949 e. The molecule has 122 valence electrons. The van der Waals surface area contributed by atoms with Crippen molar-refractivity contribution < 1.29 is 5.11 Å². The van der Waals surface area contributed by atoms with Crippen molar-refractivity contribution in [3.05, 3.63) is 70.7 Å². The van der Waals surface area contributed by atoms with Crippen LogP contribution in [-0.4, -0.2) is 29.6 Å². The third-order valence-electron chi connectivity index (χ3n) is 4.74. The second kappa shape index (κ2) is 7.48. The molecular formula is C20H24ClNO. The minimum atomic E-state index is -0.880. The standard InChI is InChI=1S/C20H24ClNO/c21-19-10-6-9-18(15-19)20(23,11-14-22-12-4-5-13-22)16-17-7-2-1-3-8-17/h1-3,6-10,15,23H,4-5,11-14,16H2/t20-/m1/s1. The molecule has 1 heterocycles. The van der Waals surface area contributed by atoms with Crippen LogP contribution in [0.2, 0.25) is 5.02 Å². The summed E-state index contributed by atoms with van der Waals surface area (Å²) in [7, 11) is 0. The van der Waals surface area contributed by atoms with Gasteiger partial charge in [0.05, 0.1) is 5.60 Å². The number of aliphatic hydroxyl groups is 1. The van der Waals surface area contributed by atoms with E-state index in [1.807, 2.05) is 42.5 Å². The largest absolute Gasteiger partial charge is 0.385 e. The molecule has 0 radical (unpaired) electrons. The smallest absolute Gasteiger partial charge is 0.0949 e. The highest BCUT2D eigenvalue weighted by Gasteiger charge is 2.30. The Labute approximate surface area is 143 Å². The molecule has 1 fully saturated rings. The van der Waals surface area contributed by atoms with Gasteiger partial charge in [0.15, 0.2) is 0 Å². The van der Waals surface area contributed by atoms with Crippen LogP contribution in [0.5, 0.6) is 0 Å². The second-order valence-electron chi connectivity index (χ2n) is 6.50. The van der Waals surface area contributed by atoms with Gasteiger partial charge in [0.2, 0.25) is 0 Å². The van der Waals surface area contributed by atoms with Crippen molar-refractivity contribution >= 4 is 11.6 Å². The summed E-state index contributed by atoms with van der Waals surface area (Å²) >= 11 is 6.16. The minimum absolute atomic E-state index is 0.613. The van der Waals surface area contributed by atoms with Gasteiger partial charge in [-0.05, 0) is 55.6 Å². The van der Waals surface area contributed by atoms with Crippen LogP contribution in [0, 0.1) is 0 Å². The molecule has 0 amide bonds. The third-order valence-corrected chi connectivity index (χ3v) is 4.98. The molecule has 2 nitrogen and oxygen atoms in total. The molecule has 2 aromatic carbocycles. The van der Waals surface area contributed by atoms with Gasteiger partial charge in [0.1, 0.15) is 0 Å². The molecule has 1 saturated heterocycles. The maximum absolute atomic E-state index is 11.4. The average Bonchev–Trinajstić information content (AvgIpc) is 3.07. The normalized spacial score (nSPS) is 18.0. The number of hydrogen-bond donors (Lipinski definition) is 1. The molecular weight excluding hydrogens is 306 g/mol. The summed E-state index contributed by atoms with van der Waals surface area (Å²) in [6.07, 6.45) is 3.88. The van der Waals surface area contributed by atoms with E-state index in [-0.39, 0.29) is 0 Å². The quantitative estimate of drug-likeness (QED) is 0.856. The molecule has 0 unspecified atom stereocenters. The van der Waals surface area contributed by atoms with Crippen LogP contribution in [-0.2, 0) is 12.0 Å². The number of likely N-dealkylation sites (tertiary alicyclic amines) is 1. The van der Waals surface area contributed by atoms with Crippen LogP contribution >= 0.6 is 11.6 Å². The topological polar surface area (TPSA) is 23.5 Å². The van der Waals surface area contributed by atoms with Gasteiger partial charge in [0.25, 0.3) is 0 Å². The van der Waals surface area contributed by atoms with Crippen LogP contribution in [0.4, 0.5) is 0 Å². The summed E-state index contributed by atoms with van der Waals surface area (Å²) in [6.45, 7) is 3.23. The molecule has 3 heteroatoms. The van der Waals surface area contributed by atoms with Crippen LogP contribution in [0.25, 0.3) is 0 Å². The second-order valence-corrected chi connectivity index (χ2v) is 6.94. The lowest BCUT2D eigenvalue weighted by molar-refractivity contribution is 0.0193. The SMILES string of the molecule is O[C@](CCN1CCCC1)(Cc1ccccc1)c1cccc(Cl)c1. The van der Waals surface area contributed by atoms with E-state index in [4.69, 9.17) is 11.6 Å². The van der Waals surface area contributed by atoms with Gasteiger partial charge in [-0.15, -0.1) is 0 Å². The molecule has 3 rings (SSSR count). The van der Waals surface area contributed by atoms with Gasteiger partial charge in [0, 0.05) is 18.0 Å². The number of benzene rings is 2. The summed E-state index contributed by atoms with van der Waals surface area (Å²) in [5.41, 5.74) is 1.18. The van der Waals surface area contributed by atoms with E-state index >= 15 is 0 Å². The van der Waals surface area contributed by atoms with Crippen molar-refractivity contribution in [2.75, 3.05) is 19.6 Å². The van der Waals surface area contributed by atoms with Crippen molar-refractivity contribution in [1.82, 2.24) is 4.90 Å². The van der Waals surface area contributed by atoms with Gasteiger partial charge in [-0.2, -0.15) is 0 Å². The Bertz CT molecular complexity index is 625. The van der Waals surface area contributed by atoms with Crippen LogP contribution in [0.1, 0.15) is 30.4 Å². The van der Waals surface area contributed by atoms with E-state index in [9.17, 15) is 5.11 Å². The highest BCUT2D eigenvalue weighted by molar-refractivity contribution is 6.30. The molecule has 1 atom stereocenters. The van der Waals surface area contributed by atoms with Crippen molar-refractivity contribution in [1.29, 1.82) is 0 Å². The summed E-state index contributed by atoms with van der Waals surface area (Å²) in [4.78, 5) is 2.44. The summed E-state index contributed by atoms with van der Waals surface area (Å²) in [6, 6.07) is 17.9. The average molecular weight is 330 g/mol. The Hall–Kier alpha value is -1.35. The molecule has 23 heavy (non-hydrogen) atoms. The van der Waals surface area contributed by atoms with Crippen molar-refractivity contribution in [2.24, 2.45) is 0 Å². The summed E-state index contributed by atoms with van der Waals surface area (Å²) < 4.78 is 0. The van der Waals surface area contributed by atoms with Crippen molar-refractivity contribution in [3.63, 3.8) is 0 Å². The predicted octanol–water partition coefficient (Wildman–Crippen LogP) is 4.26. The molecule has 1 N–H and O–H groups in total. The fraction of sp³-hybridized carbons (Fsp3) is 0.400.